The fourth-order valence-corrected chi connectivity index (χ4v) is 1.45. The van der Waals surface area contributed by atoms with Gasteiger partial charge in [0.2, 0.25) is 0 Å². The van der Waals surface area contributed by atoms with Crippen LogP contribution in [0.3, 0.4) is 0 Å². The molecular weight excluding hydrogens is 214 g/mol. The number of amides is 1. The summed E-state index contributed by atoms with van der Waals surface area (Å²) >= 11 is 0. The third-order valence-electron chi connectivity index (χ3n) is 2.43. The molecule has 0 aromatic heterocycles. The van der Waals surface area contributed by atoms with Crippen LogP contribution in [0.2, 0.25) is 0 Å². The molecule has 0 heterocycles. The first kappa shape index (κ1) is 13.6. The highest BCUT2D eigenvalue weighted by atomic mass is 16.6. The van der Waals surface area contributed by atoms with Crippen molar-refractivity contribution >= 4 is 6.09 Å². The van der Waals surface area contributed by atoms with Gasteiger partial charge in [0.1, 0.15) is 0 Å². The average molecular weight is 235 g/mol. The smallest absolute Gasteiger partial charge is 0.407 e. The van der Waals surface area contributed by atoms with Gasteiger partial charge in [0.05, 0.1) is 6.10 Å². The van der Waals surface area contributed by atoms with Crippen LogP contribution in [0.4, 0.5) is 4.79 Å². The van der Waals surface area contributed by atoms with Gasteiger partial charge in [-0.25, -0.2) is 4.79 Å². The zero-order chi connectivity index (χ0) is 12.8. The van der Waals surface area contributed by atoms with Gasteiger partial charge in [-0.3, -0.25) is 0 Å². The number of hydrogen-bond donors (Lipinski definition) is 1. The molecule has 3 heteroatoms. The third-order valence-corrected chi connectivity index (χ3v) is 2.43. The number of benzene rings is 1. The summed E-state index contributed by atoms with van der Waals surface area (Å²) in [6.07, 6.45) is -0.453. The highest BCUT2D eigenvalue weighted by Crippen LogP contribution is 2.14. The minimum atomic E-state index is -0.368. The minimum Gasteiger partial charge on any atom is -0.447 e. The second kappa shape index (κ2) is 6.28. The summed E-state index contributed by atoms with van der Waals surface area (Å²) in [5, 5.41) is 2.72. The zero-order valence-electron chi connectivity index (χ0n) is 11.0. The molecule has 1 N–H and O–H groups in total. The largest absolute Gasteiger partial charge is 0.447 e. The van der Waals surface area contributed by atoms with Crippen LogP contribution in [0.1, 0.15) is 44.7 Å². The van der Waals surface area contributed by atoms with E-state index in [1.54, 1.807) is 0 Å². The summed E-state index contributed by atoms with van der Waals surface area (Å²) < 4.78 is 4.98. The van der Waals surface area contributed by atoms with Crippen LogP contribution in [0.5, 0.6) is 0 Å². The van der Waals surface area contributed by atoms with E-state index in [1.807, 2.05) is 26.0 Å². The Kier molecular flexibility index (Phi) is 5.01. The van der Waals surface area contributed by atoms with Crippen molar-refractivity contribution in [3.05, 3.63) is 35.4 Å². The van der Waals surface area contributed by atoms with Crippen LogP contribution in [0.25, 0.3) is 0 Å². The van der Waals surface area contributed by atoms with Crippen LogP contribution < -0.4 is 5.32 Å². The molecule has 1 aromatic rings. The van der Waals surface area contributed by atoms with Gasteiger partial charge >= 0.3 is 6.09 Å². The van der Waals surface area contributed by atoms with E-state index in [2.05, 4.69) is 31.3 Å². The summed E-state index contributed by atoms with van der Waals surface area (Å²) in [5.74, 6) is 0.530. The van der Waals surface area contributed by atoms with Crippen molar-refractivity contribution in [2.45, 2.75) is 46.3 Å². The lowest BCUT2D eigenvalue weighted by Crippen LogP contribution is -2.26. The Balaban J connectivity index is 2.44. The maximum absolute atomic E-state index is 11.3. The van der Waals surface area contributed by atoms with E-state index in [9.17, 15) is 4.79 Å². The second-order valence-electron chi connectivity index (χ2n) is 4.70. The Morgan fingerprint density at radius 1 is 1.18 bits per heavy atom. The molecule has 0 saturated carbocycles. The van der Waals surface area contributed by atoms with E-state index in [1.165, 1.54) is 5.56 Å². The van der Waals surface area contributed by atoms with Crippen molar-refractivity contribution in [1.82, 2.24) is 5.32 Å². The van der Waals surface area contributed by atoms with Gasteiger partial charge in [-0.2, -0.15) is 0 Å². The molecule has 1 amide bonds. The molecular formula is C14H21NO2. The van der Waals surface area contributed by atoms with Crippen LogP contribution in [-0.4, -0.2) is 12.2 Å². The quantitative estimate of drug-likeness (QED) is 0.868. The van der Waals surface area contributed by atoms with E-state index >= 15 is 0 Å². The maximum Gasteiger partial charge on any atom is 0.407 e. The predicted molar refractivity (Wildman–Crippen MR) is 69.0 cm³/mol. The van der Waals surface area contributed by atoms with Gasteiger partial charge in [-0.05, 0) is 30.9 Å². The molecule has 1 rings (SSSR count). The van der Waals surface area contributed by atoms with Crippen molar-refractivity contribution in [3.63, 3.8) is 0 Å². The molecule has 0 bridgehead atoms. The summed E-state index contributed by atoms with van der Waals surface area (Å²) in [5.41, 5.74) is 2.38. The molecule has 0 fully saturated rings. The number of nitrogens with one attached hydrogen (secondary N) is 1. The molecule has 3 nitrogen and oxygen atoms in total. The lowest BCUT2D eigenvalue weighted by Gasteiger charge is -2.10. The van der Waals surface area contributed by atoms with Crippen LogP contribution in [0, 0.1) is 0 Å². The lowest BCUT2D eigenvalue weighted by molar-refractivity contribution is 0.115. The Labute approximate surface area is 103 Å². The summed E-state index contributed by atoms with van der Waals surface area (Å²) in [6, 6.07) is 8.25. The lowest BCUT2D eigenvalue weighted by atomic mass is 10.0. The number of alkyl carbamates (subject to hydrolysis) is 1. The zero-order valence-corrected chi connectivity index (χ0v) is 11.0. The van der Waals surface area contributed by atoms with Crippen molar-refractivity contribution in [1.29, 1.82) is 0 Å². The molecule has 0 aliphatic rings. The van der Waals surface area contributed by atoms with Gasteiger partial charge in [0.25, 0.3) is 0 Å². The SMILES string of the molecule is CC(C)OC(=O)NCc1ccc(C(C)C)cc1. The molecule has 0 unspecified atom stereocenters. The molecule has 0 radical (unpaired) electrons. The second-order valence-corrected chi connectivity index (χ2v) is 4.70. The van der Waals surface area contributed by atoms with Crippen molar-refractivity contribution in [2.75, 3.05) is 0 Å². The fourth-order valence-electron chi connectivity index (χ4n) is 1.45. The van der Waals surface area contributed by atoms with Crippen LogP contribution in [0.15, 0.2) is 24.3 Å². The first-order valence-electron chi connectivity index (χ1n) is 6.02. The summed E-state index contributed by atoms with van der Waals surface area (Å²) in [4.78, 5) is 11.3. The standard InChI is InChI=1S/C14H21NO2/c1-10(2)13-7-5-12(6-8-13)9-15-14(16)17-11(3)4/h5-8,10-11H,9H2,1-4H3,(H,15,16). The van der Waals surface area contributed by atoms with Gasteiger partial charge in [0, 0.05) is 6.54 Å². The first-order chi connectivity index (χ1) is 7.99. The van der Waals surface area contributed by atoms with E-state index in [0.29, 0.717) is 12.5 Å². The highest BCUT2D eigenvalue weighted by molar-refractivity contribution is 5.67. The monoisotopic (exact) mass is 235 g/mol. The van der Waals surface area contributed by atoms with Gasteiger partial charge in [0.15, 0.2) is 0 Å². The molecule has 94 valence electrons. The first-order valence-corrected chi connectivity index (χ1v) is 6.02. The number of rotatable bonds is 4. The minimum absolute atomic E-state index is 0.0849. The fraction of sp³-hybridized carbons (Fsp3) is 0.500. The molecule has 0 aliphatic carbocycles. The number of carbonyl (C=O) groups is 1. The van der Waals surface area contributed by atoms with Crippen molar-refractivity contribution in [3.8, 4) is 0 Å². The van der Waals surface area contributed by atoms with Crippen LogP contribution in [-0.2, 0) is 11.3 Å². The van der Waals surface area contributed by atoms with Gasteiger partial charge in [-0.1, -0.05) is 38.1 Å². The third kappa shape index (κ3) is 4.89. The topological polar surface area (TPSA) is 38.3 Å². The summed E-state index contributed by atoms with van der Waals surface area (Å²) in [6.45, 7) is 8.48. The van der Waals surface area contributed by atoms with Crippen molar-refractivity contribution in [2.24, 2.45) is 0 Å². The summed E-state index contributed by atoms with van der Waals surface area (Å²) in [7, 11) is 0. The van der Waals surface area contributed by atoms with Crippen molar-refractivity contribution < 1.29 is 9.53 Å². The molecule has 1 aromatic carbocycles. The van der Waals surface area contributed by atoms with E-state index in [-0.39, 0.29) is 12.2 Å². The van der Waals surface area contributed by atoms with Gasteiger partial charge < -0.3 is 10.1 Å². The predicted octanol–water partition coefficient (Wildman–Crippen LogP) is 3.44. The normalized spacial score (nSPS) is 10.7. The number of carbonyl (C=O) groups excluding carboxylic acids is 1. The average Bonchev–Trinajstić information content (AvgIpc) is 2.26. The molecule has 0 atom stereocenters. The number of hydrogen-bond acceptors (Lipinski definition) is 2. The van der Waals surface area contributed by atoms with Gasteiger partial charge in [-0.15, -0.1) is 0 Å². The van der Waals surface area contributed by atoms with Crippen LogP contribution >= 0.6 is 0 Å². The molecule has 0 saturated heterocycles. The van der Waals surface area contributed by atoms with E-state index in [0.717, 1.165) is 5.56 Å². The Bertz CT molecular complexity index is 355. The Hall–Kier alpha value is -1.51. The molecule has 17 heavy (non-hydrogen) atoms. The van der Waals surface area contributed by atoms with E-state index < -0.39 is 0 Å². The Morgan fingerprint density at radius 3 is 2.24 bits per heavy atom. The maximum atomic E-state index is 11.3. The molecule has 0 spiro atoms. The Morgan fingerprint density at radius 2 is 1.76 bits per heavy atom. The van der Waals surface area contributed by atoms with E-state index in [4.69, 9.17) is 4.74 Å². The highest BCUT2D eigenvalue weighted by Gasteiger charge is 2.04. The number of ether oxygens (including phenoxy) is 1. The molecule has 0 aliphatic heterocycles.